The number of amides is 1. The van der Waals surface area contributed by atoms with E-state index in [9.17, 15) is 9.18 Å². The Morgan fingerprint density at radius 3 is 2.40 bits per heavy atom. The summed E-state index contributed by atoms with van der Waals surface area (Å²) in [5.41, 5.74) is 0.293. The summed E-state index contributed by atoms with van der Waals surface area (Å²) in [5.74, 6) is 0.216. The highest BCUT2D eigenvalue weighted by Crippen LogP contribution is 2.27. The van der Waals surface area contributed by atoms with Gasteiger partial charge in [0.1, 0.15) is 5.82 Å². The molecule has 2 fully saturated rings. The molecule has 0 radical (unpaired) electrons. The van der Waals surface area contributed by atoms with Crippen LogP contribution in [0.5, 0.6) is 0 Å². The van der Waals surface area contributed by atoms with Crippen LogP contribution in [0.3, 0.4) is 0 Å². The Morgan fingerprint density at radius 2 is 1.72 bits per heavy atom. The number of rotatable bonds is 6. The van der Waals surface area contributed by atoms with E-state index in [0.29, 0.717) is 11.6 Å². The molecule has 0 aliphatic heterocycles. The summed E-state index contributed by atoms with van der Waals surface area (Å²) in [6, 6.07) is 4.69. The van der Waals surface area contributed by atoms with E-state index in [-0.39, 0.29) is 17.0 Å². The fraction of sp³-hybridized carbons (Fsp3) is 0.650. The molecule has 2 N–H and O–H groups in total. The lowest BCUT2D eigenvalue weighted by Gasteiger charge is -2.30. The van der Waals surface area contributed by atoms with Gasteiger partial charge < -0.3 is 10.6 Å². The van der Waals surface area contributed by atoms with E-state index >= 15 is 0 Å². The third kappa shape index (κ3) is 5.68. The molecule has 1 amide bonds. The minimum Gasteiger partial charge on any atom is -0.349 e. The second-order valence-electron chi connectivity index (χ2n) is 7.57. The first kappa shape index (κ1) is 18.7. The summed E-state index contributed by atoms with van der Waals surface area (Å²) in [5, 5.41) is 6.96. The summed E-state index contributed by atoms with van der Waals surface area (Å²) in [6.45, 7) is 1.12. The predicted molar refractivity (Wildman–Crippen MR) is 99.5 cm³/mol. The van der Waals surface area contributed by atoms with Crippen LogP contribution in [0.2, 0.25) is 5.02 Å². The van der Waals surface area contributed by atoms with E-state index < -0.39 is 5.82 Å². The zero-order chi connectivity index (χ0) is 17.6. The van der Waals surface area contributed by atoms with Crippen molar-refractivity contribution in [3.63, 3.8) is 0 Å². The lowest BCUT2D eigenvalue weighted by atomic mass is 9.90. The first-order chi connectivity index (χ1) is 12.1. The Kier molecular flexibility index (Phi) is 6.71. The Bertz CT molecular complexity index is 561. The maximum Gasteiger partial charge on any atom is 0.251 e. The minimum absolute atomic E-state index is 0.169. The van der Waals surface area contributed by atoms with E-state index in [2.05, 4.69) is 10.6 Å². The van der Waals surface area contributed by atoms with Crippen molar-refractivity contribution in [2.24, 2.45) is 5.92 Å². The lowest BCUT2D eigenvalue weighted by Crippen LogP contribution is -2.42. The molecule has 0 heterocycles. The van der Waals surface area contributed by atoms with Crippen LogP contribution in [-0.4, -0.2) is 24.5 Å². The van der Waals surface area contributed by atoms with Gasteiger partial charge >= 0.3 is 0 Å². The van der Waals surface area contributed by atoms with E-state index in [4.69, 9.17) is 11.6 Å². The van der Waals surface area contributed by atoms with Crippen LogP contribution in [0.15, 0.2) is 18.2 Å². The number of hydrogen-bond acceptors (Lipinski definition) is 2. The van der Waals surface area contributed by atoms with Crippen LogP contribution in [0.25, 0.3) is 0 Å². The summed E-state index contributed by atoms with van der Waals surface area (Å²) in [4.78, 5) is 12.3. The van der Waals surface area contributed by atoms with Gasteiger partial charge in [-0.25, -0.2) is 4.39 Å². The SMILES string of the molecule is O=C(N[C@H]1CC[C@H](NCCC2CCCC2)CC1)c1cc(F)cc(Cl)c1. The first-order valence-electron chi connectivity index (χ1n) is 9.60. The molecule has 1 aromatic rings. The molecule has 138 valence electrons. The molecule has 0 unspecified atom stereocenters. The van der Waals surface area contributed by atoms with Crippen molar-refractivity contribution < 1.29 is 9.18 Å². The molecule has 2 saturated carbocycles. The van der Waals surface area contributed by atoms with Crippen molar-refractivity contribution in [1.29, 1.82) is 0 Å². The monoisotopic (exact) mass is 366 g/mol. The van der Waals surface area contributed by atoms with Gasteiger partial charge in [-0.1, -0.05) is 37.3 Å². The molecule has 0 spiro atoms. The van der Waals surface area contributed by atoms with Crippen molar-refractivity contribution in [2.75, 3.05) is 6.54 Å². The van der Waals surface area contributed by atoms with E-state index in [1.165, 1.54) is 50.3 Å². The Balaban J connectivity index is 1.37. The zero-order valence-electron chi connectivity index (χ0n) is 14.7. The molecule has 0 atom stereocenters. The maximum absolute atomic E-state index is 13.4. The highest BCUT2D eigenvalue weighted by molar-refractivity contribution is 6.31. The second-order valence-corrected chi connectivity index (χ2v) is 8.01. The molecule has 25 heavy (non-hydrogen) atoms. The van der Waals surface area contributed by atoms with Crippen molar-refractivity contribution in [2.45, 2.75) is 69.9 Å². The molecule has 3 nitrogen and oxygen atoms in total. The van der Waals surface area contributed by atoms with Gasteiger partial charge in [0.05, 0.1) is 0 Å². The molecule has 2 aliphatic rings. The van der Waals surface area contributed by atoms with Crippen molar-refractivity contribution in [3.05, 3.63) is 34.6 Å². The van der Waals surface area contributed by atoms with Gasteiger partial charge in [-0.15, -0.1) is 0 Å². The van der Waals surface area contributed by atoms with Crippen LogP contribution < -0.4 is 10.6 Å². The maximum atomic E-state index is 13.4. The van der Waals surface area contributed by atoms with Crippen LogP contribution >= 0.6 is 11.6 Å². The number of carbonyl (C=O) groups excluding carboxylic acids is 1. The van der Waals surface area contributed by atoms with Gasteiger partial charge in [0.15, 0.2) is 0 Å². The average Bonchev–Trinajstić information content (AvgIpc) is 3.09. The minimum atomic E-state index is -0.479. The highest BCUT2D eigenvalue weighted by atomic mass is 35.5. The van der Waals surface area contributed by atoms with Crippen LogP contribution in [-0.2, 0) is 0 Å². The predicted octanol–water partition coefficient (Wildman–Crippen LogP) is 4.69. The summed E-state index contributed by atoms with van der Waals surface area (Å²) in [7, 11) is 0. The van der Waals surface area contributed by atoms with Crippen LogP contribution in [0.4, 0.5) is 4.39 Å². The van der Waals surface area contributed by atoms with Gasteiger partial charge in [0.25, 0.3) is 5.91 Å². The lowest BCUT2D eigenvalue weighted by molar-refractivity contribution is 0.0923. The molecule has 3 rings (SSSR count). The largest absolute Gasteiger partial charge is 0.349 e. The Morgan fingerprint density at radius 1 is 1.04 bits per heavy atom. The standard InChI is InChI=1S/C20H28ClFN2O/c21-16-11-15(12-17(22)13-16)20(25)24-19-7-5-18(6-8-19)23-10-9-14-3-1-2-4-14/h11-14,18-19,23H,1-10H2,(H,24,25)/t18-,19-. The van der Waals surface area contributed by atoms with Gasteiger partial charge in [-0.3, -0.25) is 4.79 Å². The Hall–Kier alpha value is -1.13. The van der Waals surface area contributed by atoms with E-state index in [0.717, 1.165) is 38.1 Å². The number of benzene rings is 1. The topological polar surface area (TPSA) is 41.1 Å². The second kappa shape index (κ2) is 9.00. The van der Waals surface area contributed by atoms with Crippen LogP contribution in [0, 0.1) is 11.7 Å². The van der Waals surface area contributed by atoms with Gasteiger partial charge in [-0.05, 0) is 62.8 Å². The molecule has 0 aromatic heterocycles. The van der Waals surface area contributed by atoms with Gasteiger partial charge in [0.2, 0.25) is 0 Å². The molecular formula is C20H28ClFN2O. The van der Waals surface area contributed by atoms with Crippen molar-refractivity contribution in [1.82, 2.24) is 10.6 Å². The number of hydrogen-bond donors (Lipinski definition) is 2. The number of halogens is 2. The number of carbonyl (C=O) groups is 1. The zero-order valence-corrected chi connectivity index (χ0v) is 15.5. The summed E-state index contributed by atoms with van der Waals surface area (Å²) >= 11 is 5.82. The molecule has 5 heteroatoms. The summed E-state index contributed by atoms with van der Waals surface area (Å²) in [6.07, 6.45) is 11.0. The molecule has 1 aromatic carbocycles. The molecular weight excluding hydrogens is 339 g/mol. The fourth-order valence-electron chi connectivity index (χ4n) is 4.19. The molecule has 0 saturated heterocycles. The van der Waals surface area contributed by atoms with Gasteiger partial charge in [-0.2, -0.15) is 0 Å². The Labute approximate surface area is 154 Å². The van der Waals surface area contributed by atoms with Crippen LogP contribution in [0.1, 0.15) is 68.1 Å². The van der Waals surface area contributed by atoms with Crippen molar-refractivity contribution in [3.8, 4) is 0 Å². The normalized spacial score (nSPS) is 24.4. The third-order valence-electron chi connectivity index (χ3n) is 5.65. The average molecular weight is 367 g/mol. The molecule has 2 aliphatic carbocycles. The van der Waals surface area contributed by atoms with E-state index in [1.54, 1.807) is 0 Å². The number of nitrogens with one attached hydrogen (secondary N) is 2. The highest BCUT2D eigenvalue weighted by Gasteiger charge is 2.23. The van der Waals surface area contributed by atoms with Crippen molar-refractivity contribution >= 4 is 17.5 Å². The quantitative estimate of drug-likeness (QED) is 0.766. The fourth-order valence-corrected chi connectivity index (χ4v) is 4.41. The third-order valence-corrected chi connectivity index (χ3v) is 5.87. The summed E-state index contributed by atoms with van der Waals surface area (Å²) < 4.78 is 13.4. The smallest absolute Gasteiger partial charge is 0.251 e. The van der Waals surface area contributed by atoms with E-state index in [1.807, 2.05) is 0 Å². The first-order valence-corrected chi connectivity index (χ1v) is 9.98. The molecule has 0 bridgehead atoms. The van der Waals surface area contributed by atoms with Gasteiger partial charge in [0, 0.05) is 22.7 Å².